The number of nitrogens with one attached hydrogen (secondary N) is 2. The number of urea groups is 1. The van der Waals surface area contributed by atoms with Crippen molar-refractivity contribution >= 4 is 39.9 Å². The molecule has 0 spiro atoms. The lowest BCUT2D eigenvalue weighted by atomic mass is 9.92. The van der Waals surface area contributed by atoms with Gasteiger partial charge in [0.05, 0.1) is 41.4 Å². The van der Waals surface area contributed by atoms with Gasteiger partial charge >= 0.3 is 12.0 Å². The highest BCUT2D eigenvalue weighted by Gasteiger charge is 2.25. The normalized spacial score (nSPS) is 13.2. The fraction of sp³-hybridized carbons (Fsp3) is 0.250. The van der Waals surface area contributed by atoms with Gasteiger partial charge < -0.3 is 14.8 Å². The maximum Gasteiger partial charge on any atom is 0.324 e. The van der Waals surface area contributed by atoms with Crippen molar-refractivity contribution in [1.82, 2.24) is 24.7 Å². The monoisotopic (exact) mass is 624 g/mol. The summed E-state index contributed by atoms with van der Waals surface area (Å²) < 4.78 is 12.8. The van der Waals surface area contributed by atoms with E-state index in [2.05, 4.69) is 46.4 Å². The van der Waals surface area contributed by atoms with Gasteiger partial charge in [-0.3, -0.25) is 15.0 Å². The number of carbonyl (C=O) groups is 2. The first-order chi connectivity index (χ1) is 21.7. The van der Waals surface area contributed by atoms with Gasteiger partial charge in [-0.05, 0) is 60.5 Å². The summed E-state index contributed by atoms with van der Waals surface area (Å²) in [5.41, 5.74) is 2.72. The van der Waals surface area contributed by atoms with E-state index in [9.17, 15) is 9.59 Å². The largest absolute Gasteiger partial charge is 0.497 e. The lowest BCUT2D eigenvalue weighted by molar-refractivity contribution is -0.117. The lowest BCUT2D eigenvalue weighted by Crippen LogP contribution is -2.23. The first-order valence-corrected chi connectivity index (χ1v) is 15.2. The SMILES string of the molecule is COc1ccc(-n2nc(C(C)(C)C)cc2NC(=O)Nc2cnc(Oc3ccc(-c4cnc(N5CCCC5=O)s4)cc3)nc2)cc1. The average Bonchev–Trinajstić information content (AvgIpc) is 3.78. The summed E-state index contributed by atoms with van der Waals surface area (Å²) in [6, 6.07) is 16.4. The molecule has 4 heterocycles. The van der Waals surface area contributed by atoms with Crippen LogP contribution >= 0.6 is 11.3 Å². The van der Waals surface area contributed by atoms with Gasteiger partial charge in [0.2, 0.25) is 5.91 Å². The first-order valence-electron chi connectivity index (χ1n) is 14.4. The summed E-state index contributed by atoms with van der Waals surface area (Å²) in [5, 5.41) is 11.1. The average molecular weight is 625 g/mol. The van der Waals surface area contributed by atoms with Crippen LogP contribution in [0.1, 0.15) is 39.3 Å². The number of anilines is 3. The van der Waals surface area contributed by atoms with Crippen LogP contribution in [0.3, 0.4) is 0 Å². The number of nitrogens with zero attached hydrogens (tertiary/aromatic N) is 6. The van der Waals surface area contributed by atoms with Gasteiger partial charge in [0.1, 0.15) is 17.3 Å². The van der Waals surface area contributed by atoms with Crippen LogP contribution in [0.25, 0.3) is 16.1 Å². The molecule has 3 aromatic heterocycles. The highest BCUT2D eigenvalue weighted by molar-refractivity contribution is 7.19. The van der Waals surface area contributed by atoms with E-state index in [1.165, 1.54) is 23.7 Å². The number of hydrogen-bond donors (Lipinski definition) is 2. The van der Waals surface area contributed by atoms with Crippen LogP contribution in [0, 0.1) is 0 Å². The molecule has 1 aliphatic heterocycles. The quantitative estimate of drug-likeness (QED) is 0.196. The summed E-state index contributed by atoms with van der Waals surface area (Å²) in [4.78, 5) is 40.6. The van der Waals surface area contributed by atoms with Crippen LogP contribution in [0.2, 0.25) is 0 Å². The Labute approximate surface area is 264 Å². The van der Waals surface area contributed by atoms with Crippen molar-refractivity contribution in [3.8, 4) is 33.6 Å². The molecule has 0 aliphatic carbocycles. The standard InChI is InChI=1S/C32H32N8O4S/c1-32(2,3)26-16-27(40(38-26)22-9-13-23(43-4)14-10-22)37-29(42)36-21-17-33-30(34-18-21)44-24-11-7-20(8-12-24)25-19-35-31(45-25)39-15-5-6-28(39)41/h7-14,16-19H,5-6,15H2,1-4H3,(H2,36,37,42). The Morgan fingerprint density at radius 1 is 0.933 bits per heavy atom. The highest BCUT2D eigenvalue weighted by atomic mass is 32.1. The minimum absolute atomic E-state index is 0.119. The predicted octanol–water partition coefficient (Wildman–Crippen LogP) is 6.66. The van der Waals surface area contributed by atoms with Crippen LogP contribution in [-0.4, -0.2) is 50.3 Å². The zero-order valence-corrected chi connectivity index (χ0v) is 26.1. The van der Waals surface area contributed by atoms with Crippen molar-refractivity contribution < 1.29 is 19.1 Å². The number of thiazole rings is 1. The van der Waals surface area contributed by atoms with Crippen LogP contribution < -0.4 is 25.0 Å². The second kappa shape index (κ2) is 12.4. The maximum absolute atomic E-state index is 12.9. The molecule has 230 valence electrons. The number of benzene rings is 2. The molecular formula is C32H32N8O4S. The summed E-state index contributed by atoms with van der Waals surface area (Å²) >= 11 is 1.49. The van der Waals surface area contributed by atoms with E-state index in [1.807, 2.05) is 54.6 Å². The van der Waals surface area contributed by atoms with Crippen molar-refractivity contribution in [1.29, 1.82) is 0 Å². The van der Waals surface area contributed by atoms with E-state index in [0.29, 0.717) is 30.2 Å². The van der Waals surface area contributed by atoms with E-state index >= 15 is 0 Å². The second-order valence-corrected chi connectivity index (χ2v) is 12.4. The highest BCUT2D eigenvalue weighted by Crippen LogP contribution is 2.34. The fourth-order valence-electron chi connectivity index (χ4n) is 4.64. The zero-order chi connectivity index (χ0) is 31.6. The van der Waals surface area contributed by atoms with E-state index in [-0.39, 0.29) is 17.3 Å². The second-order valence-electron chi connectivity index (χ2n) is 11.4. The van der Waals surface area contributed by atoms with Gasteiger partial charge in [-0.2, -0.15) is 5.10 Å². The van der Waals surface area contributed by atoms with Gasteiger partial charge in [-0.1, -0.05) is 32.1 Å². The Bertz CT molecular complexity index is 1810. The Balaban J connectivity index is 1.08. The van der Waals surface area contributed by atoms with Crippen molar-refractivity contribution in [2.75, 3.05) is 29.2 Å². The summed E-state index contributed by atoms with van der Waals surface area (Å²) in [7, 11) is 1.61. The molecular weight excluding hydrogens is 592 g/mol. The molecule has 0 atom stereocenters. The number of aromatic nitrogens is 5. The summed E-state index contributed by atoms with van der Waals surface area (Å²) in [6.07, 6.45) is 6.15. The number of carbonyl (C=O) groups excluding carboxylic acids is 2. The number of amides is 3. The first kappa shape index (κ1) is 29.8. The van der Waals surface area contributed by atoms with Gasteiger partial charge in [-0.15, -0.1) is 0 Å². The van der Waals surface area contributed by atoms with Crippen LogP contribution in [0.5, 0.6) is 17.5 Å². The lowest BCUT2D eigenvalue weighted by Gasteiger charge is -2.14. The minimum Gasteiger partial charge on any atom is -0.497 e. The van der Waals surface area contributed by atoms with Crippen molar-refractivity contribution in [2.45, 2.75) is 39.0 Å². The molecule has 3 amide bonds. The molecule has 0 radical (unpaired) electrons. The summed E-state index contributed by atoms with van der Waals surface area (Å²) in [5.74, 6) is 1.90. The van der Waals surface area contributed by atoms with E-state index < -0.39 is 6.03 Å². The molecule has 0 bridgehead atoms. The molecule has 5 aromatic rings. The topological polar surface area (TPSA) is 136 Å². The van der Waals surface area contributed by atoms with Crippen molar-refractivity contribution in [2.24, 2.45) is 0 Å². The Kier molecular flexibility index (Phi) is 8.18. The third-order valence-corrected chi connectivity index (χ3v) is 8.14. The zero-order valence-electron chi connectivity index (χ0n) is 25.3. The van der Waals surface area contributed by atoms with E-state index in [4.69, 9.17) is 14.6 Å². The number of hydrogen-bond acceptors (Lipinski definition) is 9. The molecule has 13 heteroatoms. The molecule has 0 saturated carbocycles. The molecule has 0 unspecified atom stereocenters. The number of methoxy groups -OCH3 is 1. The van der Waals surface area contributed by atoms with E-state index in [0.717, 1.165) is 39.1 Å². The third kappa shape index (κ3) is 6.78. The van der Waals surface area contributed by atoms with Crippen molar-refractivity contribution in [3.05, 3.63) is 78.9 Å². The molecule has 12 nitrogen and oxygen atoms in total. The molecule has 1 saturated heterocycles. The van der Waals surface area contributed by atoms with Gasteiger partial charge in [0, 0.05) is 30.6 Å². The van der Waals surface area contributed by atoms with Crippen LogP contribution in [-0.2, 0) is 10.2 Å². The van der Waals surface area contributed by atoms with Crippen LogP contribution in [0.4, 0.5) is 21.4 Å². The molecule has 1 aliphatic rings. The predicted molar refractivity (Wildman–Crippen MR) is 173 cm³/mol. The van der Waals surface area contributed by atoms with E-state index in [1.54, 1.807) is 22.9 Å². The third-order valence-electron chi connectivity index (χ3n) is 7.07. The number of ether oxygens (including phenoxy) is 2. The maximum atomic E-state index is 12.9. The van der Waals surface area contributed by atoms with Gasteiger partial charge in [0.25, 0.3) is 0 Å². The molecule has 6 rings (SSSR count). The van der Waals surface area contributed by atoms with Gasteiger partial charge in [0.15, 0.2) is 5.13 Å². The molecule has 2 aromatic carbocycles. The summed E-state index contributed by atoms with van der Waals surface area (Å²) in [6.45, 7) is 6.89. The minimum atomic E-state index is -0.474. The fourth-order valence-corrected chi connectivity index (χ4v) is 5.60. The number of rotatable bonds is 8. The Morgan fingerprint density at radius 2 is 1.64 bits per heavy atom. The smallest absolute Gasteiger partial charge is 0.324 e. The molecule has 1 fully saturated rings. The van der Waals surface area contributed by atoms with Crippen LogP contribution in [0.15, 0.2) is 73.2 Å². The van der Waals surface area contributed by atoms with Crippen molar-refractivity contribution in [3.63, 3.8) is 0 Å². The Hall–Kier alpha value is -5.30. The molecule has 2 N–H and O–H groups in total. The Morgan fingerprint density at radius 3 is 2.29 bits per heavy atom. The molecule has 45 heavy (non-hydrogen) atoms. The van der Waals surface area contributed by atoms with Gasteiger partial charge in [-0.25, -0.2) is 24.4 Å².